The maximum absolute atomic E-state index is 12.7. The summed E-state index contributed by atoms with van der Waals surface area (Å²) in [6.45, 7) is 5.25. The van der Waals surface area contributed by atoms with Gasteiger partial charge in [0.2, 0.25) is 11.8 Å². The van der Waals surface area contributed by atoms with Crippen molar-refractivity contribution >= 4 is 5.91 Å². The molecule has 6 nitrogen and oxygen atoms in total. The molecule has 6 heteroatoms. The summed E-state index contributed by atoms with van der Waals surface area (Å²) in [5, 5.41) is 4.43. The lowest BCUT2D eigenvalue weighted by atomic mass is 10.1. The predicted octanol–water partition coefficient (Wildman–Crippen LogP) is 3.21. The molecule has 0 saturated carbocycles. The molecule has 0 unspecified atom stereocenters. The fraction of sp³-hybridized carbons (Fsp3) is 0.381. The number of nitrogens with zero attached hydrogens (tertiary/aromatic N) is 4. The van der Waals surface area contributed by atoms with Crippen LogP contribution in [0, 0.1) is 13.8 Å². The van der Waals surface area contributed by atoms with Crippen molar-refractivity contribution in [3.63, 3.8) is 0 Å². The van der Waals surface area contributed by atoms with Gasteiger partial charge in [0.05, 0.1) is 12.2 Å². The Labute approximate surface area is 158 Å². The second-order valence-electron chi connectivity index (χ2n) is 7.09. The molecule has 1 aromatic carbocycles. The molecule has 1 aliphatic rings. The van der Waals surface area contributed by atoms with E-state index in [9.17, 15) is 4.79 Å². The molecule has 4 rings (SSSR count). The first-order valence-electron chi connectivity index (χ1n) is 9.33. The first kappa shape index (κ1) is 17.5. The fourth-order valence-electron chi connectivity index (χ4n) is 3.68. The molecule has 2 aromatic heterocycles. The number of hydrogen-bond donors (Lipinski definition) is 0. The smallest absolute Gasteiger partial charge is 0.226 e. The second kappa shape index (κ2) is 7.02. The largest absolute Gasteiger partial charge is 0.441 e. The average Bonchev–Trinajstić information content (AvgIpc) is 3.21. The van der Waals surface area contributed by atoms with Gasteiger partial charge in [0.25, 0.3) is 0 Å². The monoisotopic (exact) mass is 364 g/mol. The number of carbonyl (C=O) groups is 1. The maximum Gasteiger partial charge on any atom is 0.226 e. The molecule has 3 heterocycles. The zero-order valence-corrected chi connectivity index (χ0v) is 16.0. The highest BCUT2D eigenvalue weighted by Gasteiger charge is 2.26. The Morgan fingerprint density at radius 1 is 1.22 bits per heavy atom. The minimum absolute atomic E-state index is 0.160. The molecule has 1 aliphatic heterocycles. The normalized spacial score (nSPS) is 13.7. The number of carbonyl (C=O) groups excluding carboxylic acids is 1. The predicted molar refractivity (Wildman–Crippen MR) is 102 cm³/mol. The number of hydrogen-bond acceptors (Lipinski definition) is 4. The Morgan fingerprint density at radius 3 is 2.70 bits per heavy atom. The third-order valence-corrected chi connectivity index (χ3v) is 5.35. The lowest BCUT2D eigenvalue weighted by molar-refractivity contribution is -0.132. The van der Waals surface area contributed by atoms with E-state index in [1.165, 1.54) is 5.56 Å². The first-order chi connectivity index (χ1) is 13.0. The molecular weight excluding hydrogens is 340 g/mol. The molecular formula is C21H24N4O2. The zero-order chi connectivity index (χ0) is 19.0. The Morgan fingerprint density at radius 2 is 2.00 bits per heavy atom. The Hall–Kier alpha value is -2.89. The van der Waals surface area contributed by atoms with Crippen LogP contribution in [0.1, 0.15) is 34.8 Å². The molecule has 140 valence electrons. The molecule has 0 atom stereocenters. The molecule has 0 bridgehead atoms. The van der Waals surface area contributed by atoms with Crippen LogP contribution in [-0.2, 0) is 31.2 Å². The maximum atomic E-state index is 12.7. The summed E-state index contributed by atoms with van der Waals surface area (Å²) in [5.41, 5.74) is 5.16. The van der Waals surface area contributed by atoms with E-state index >= 15 is 0 Å². The highest BCUT2D eigenvalue weighted by atomic mass is 16.4. The van der Waals surface area contributed by atoms with Crippen LogP contribution in [0.25, 0.3) is 11.5 Å². The number of fused-ring (bicyclic) bond motifs is 1. The minimum atomic E-state index is 0.160. The van der Waals surface area contributed by atoms with Crippen LogP contribution in [0.5, 0.6) is 0 Å². The topological polar surface area (TPSA) is 64.2 Å². The summed E-state index contributed by atoms with van der Waals surface area (Å²) in [4.78, 5) is 19.2. The van der Waals surface area contributed by atoms with Gasteiger partial charge in [-0.15, -0.1) is 0 Å². The third-order valence-electron chi connectivity index (χ3n) is 5.35. The number of oxazole rings is 1. The van der Waals surface area contributed by atoms with Crippen LogP contribution < -0.4 is 0 Å². The van der Waals surface area contributed by atoms with Gasteiger partial charge in [0, 0.05) is 37.7 Å². The Kier molecular flexibility index (Phi) is 4.56. The van der Waals surface area contributed by atoms with Crippen molar-refractivity contribution in [1.29, 1.82) is 0 Å². The van der Waals surface area contributed by atoms with Crippen LogP contribution in [-0.4, -0.2) is 32.1 Å². The molecule has 0 saturated heterocycles. The van der Waals surface area contributed by atoms with Crippen molar-refractivity contribution in [1.82, 2.24) is 19.7 Å². The minimum Gasteiger partial charge on any atom is -0.441 e. The highest BCUT2D eigenvalue weighted by molar-refractivity contribution is 5.76. The first-order valence-corrected chi connectivity index (χ1v) is 9.33. The van der Waals surface area contributed by atoms with E-state index in [-0.39, 0.29) is 5.91 Å². The van der Waals surface area contributed by atoms with E-state index in [0.717, 1.165) is 34.8 Å². The molecule has 0 N–H and O–H groups in total. The van der Waals surface area contributed by atoms with Gasteiger partial charge in [0.15, 0.2) is 0 Å². The highest BCUT2D eigenvalue weighted by Crippen LogP contribution is 2.26. The van der Waals surface area contributed by atoms with E-state index in [1.807, 2.05) is 60.8 Å². The van der Waals surface area contributed by atoms with E-state index < -0.39 is 0 Å². The number of aryl methyl sites for hydroxylation is 2. The zero-order valence-electron chi connectivity index (χ0n) is 16.0. The third kappa shape index (κ3) is 3.39. The summed E-state index contributed by atoms with van der Waals surface area (Å²) in [6.07, 6.45) is 1.93. The van der Waals surface area contributed by atoms with E-state index in [2.05, 4.69) is 10.1 Å². The van der Waals surface area contributed by atoms with Crippen LogP contribution in [0.3, 0.4) is 0 Å². The van der Waals surface area contributed by atoms with Crippen LogP contribution in [0.4, 0.5) is 0 Å². The van der Waals surface area contributed by atoms with E-state index in [1.54, 1.807) is 0 Å². The lowest BCUT2D eigenvalue weighted by Gasteiger charge is -2.25. The lowest BCUT2D eigenvalue weighted by Crippen LogP contribution is -2.36. The van der Waals surface area contributed by atoms with Gasteiger partial charge in [-0.25, -0.2) is 4.98 Å². The van der Waals surface area contributed by atoms with Crippen molar-refractivity contribution in [2.75, 3.05) is 6.54 Å². The summed E-state index contributed by atoms with van der Waals surface area (Å²) in [7, 11) is 1.94. The number of rotatable bonds is 4. The molecule has 0 aliphatic carbocycles. The van der Waals surface area contributed by atoms with Gasteiger partial charge < -0.3 is 9.32 Å². The van der Waals surface area contributed by atoms with Gasteiger partial charge in [-0.3, -0.25) is 9.48 Å². The van der Waals surface area contributed by atoms with Gasteiger partial charge >= 0.3 is 0 Å². The van der Waals surface area contributed by atoms with Crippen molar-refractivity contribution in [3.05, 3.63) is 58.7 Å². The van der Waals surface area contributed by atoms with Crippen molar-refractivity contribution in [2.24, 2.45) is 7.05 Å². The number of benzene rings is 1. The van der Waals surface area contributed by atoms with Gasteiger partial charge in [-0.2, -0.15) is 5.10 Å². The number of amides is 1. The van der Waals surface area contributed by atoms with Crippen molar-refractivity contribution in [2.45, 2.75) is 39.7 Å². The van der Waals surface area contributed by atoms with Crippen LogP contribution in [0.15, 0.2) is 34.7 Å². The van der Waals surface area contributed by atoms with Gasteiger partial charge in [-0.05, 0) is 38.0 Å². The van der Waals surface area contributed by atoms with Crippen molar-refractivity contribution < 1.29 is 9.21 Å². The molecule has 0 spiro atoms. The van der Waals surface area contributed by atoms with Crippen LogP contribution in [0.2, 0.25) is 0 Å². The summed E-state index contributed by atoms with van der Waals surface area (Å²) >= 11 is 0. The Balaban J connectivity index is 1.43. The Bertz CT molecular complexity index is 972. The van der Waals surface area contributed by atoms with Crippen LogP contribution >= 0.6 is 0 Å². The quantitative estimate of drug-likeness (QED) is 0.713. The molecule has 0 fully saturated rings. The summed E-state index contributed by atoms with van der Waals surface area (Å²) in [5.74, 6) is 1.70. The van der Waals surface area contributed by atoms with E-state index in [4.69, 9.17) is 4.42 Å². The molecule has 0 radical (unpaired) electrons. The molecule has 1 amide bonds. The summed E-state index contributed by atoms with van der Waals surface area (Å²) in [6, 6.07) is 9.88. The van der Waals surface area contributed by atoms with E-state index in [0.29, 0.717) is 31.8 Å². The van der Waals surface area contributed by atoms with Gasteiger partial charge in [0.1, 0.15) is 11.5 Å². The molecule has 3 aromatic rings. The number of aromatic nitrogens is 3. The van der Waals surface area contributed by atoms with Gasteiger partial charge in [-0.1, -0.05) is 18.2 Å². The molecule has 27 heavy (non-hydrogen) atoms. The van der Waals surface area contributed by atoms with Crippen molar-refractivity contribution in [3.8, 4) is 11.5 Å². The summed E-state index contributed by atoms with van der Waals surface area (Å²) < 4.78 is 7.80. The second-order valence-corrected chi connectivity index (χ2v) is 7.09. The SMILES string of the molecule is Cc1nn(C)c(C)c1CCC(=O)N1CCc2oc(-c3ccccc3)nc2C1. The average molecular weight is 364 g/mol. The fourth-order valence-corrected chi connectivity index (χ4v) is 3.68. The standard InChI is InChI=1S/C21H24N4O2/c1-14-17(15(2)24(3)23-14)9-10-20(26)25-12-11-19-18(13-25)22-21(27-19)16-7-5-4-6-8-16/h4-8H,9-13H2,1-3H3.